The molecule has 0 atom stereocenters. The van der Waals surface area contributed by atoms with Gasteiger partial charge in [-0.3, -0.25) is 4.99 Å². The van der Waals surface area contributed by atoms with Crippen LogP contribution in [0.2, 0.25) is 0 Å². The number of guanidine groups is 1. The fraction of sp³-hybridized carbons (Fsp3) is 0.769. The lowest BCUT2D eigenvalue weighted by Gasteiger charge is -2.15. The summed E-state index contributed by atoms with van der Waals surface area (Å²) in [6.07, 6.45) is 4.29. The molecule has 1 aliphatic heterocycles. The topological polar surface area (TPSA) is 54.9 Å². The molecule has 18 heavy (non-hydrogen) atoms. The van der Waals surface area contributed by atoms with Crippen molar-refractivity contribution in [3.63, 3.8) is 0 Å². The summed E-state index contributed by atoms with van der Waals surface area (Å²) in [5.41, 5.74) is 1.47. The molecule has 0 aromatic heterocycles. The van der Waals surface area contributed by atoms with Crippen LogP contribution in [0.5, 0.6) is 0 Å². The van der Waals surface area contributed by atoms with Crippen LogP contribution in [-0.4, -0.2) is 52.5 Å². The monoisotopic (exact) mass is 255 g/mol. The summed E-state index contributed by atoms with van der Waals surface area (Å²) in [5.74, 6) is 0.863. The van der Waals surface area contributed by atoms with Crippen LogP contribution in [0, 0.1) is 0 Å². The van der Waals surface area contributed by atoms with Crippen LogP contribution < -0.4 is 10.6 Å². The van der Waals surface area contributed by atoms with E-state index in [1.165, 1.54) is 5.57 Å². The molecule has 0 fully saturated rings. The average molecular weight is 255 g/mol. The van der Waals surface area contributed by atoms with E-state index in [1.807, 2.05) is 0 Å². The zero-order valence-corrected chi connectivity index (χ0v) is 11.5. The van der Waals surface area contributed by atoms with Gasteiger partial charge in [0.25, 0.3) is 0 Å². The molecule has 0 aromatic rings. The zero-order valence-electron chi connectivity index (χ0n) is 11.5. The van der Waals surface area contributed by atoms with Crippen LogP contribution in [-0.2, 0) is 9.47 Å². The van der Waals surface area contributed by atoms with Crippen molar-refractivity contribution < 1.29 is 9.47 Å². The molecule has 0 unspecified atom stereocenters. The quantitative estimate of drug-likeness (QED) is 0.307. The summed E-state index contributed by atoms with van der Waals surface area (Å²) in [6, 6.07) is 0. The molecule has 1 heterocycles. The number of methoxy groups -OCH3 is 1. The van der Waals surface area contributed by atoms with E-state index in [4.69, 9.17) is 9.47 Å². The van der Waals surface area contributed by atoms with Crippen molar-refractivity contribution in [3.05, 3.63) is 11.6 Å². The summed E-state index contributed by atoms with van der Waals surface area (Å²) in [7, 11) is 1.69. The molecule has 5 heteroatoms. The molecular formula is C13H25N3O2. The van der Waals surface area contributed by atoms with Gasteiger partial charge in [-0.05, 0) is 19.8 Å². The van der Waals surface area contributed by atoms with Gasteiger partial charge in [0.2, 0.25) is 0 Å². The first kappa shape index (κ1) is 15.0. The molecule has 5 nitrogen and oxygen atoms in total. The van der Waals surface area contributed by atoms with Crippen LogP contribution in [0.25, 0.3) is 0 Å². The maximum atomic E-state index is 5.28. The van der Waals surface area contributed by atoms with E-state index in [-0.39, 0.29) is 0 Å². The standard InChI is InChI=1S/C13H25N3O2/c1-3-14-13(16-8-11-17-2)15-7-4-12-5-9-18-10-6-12/h5H,3-4,6-11H2,1-2H3,(H2,14,15,16). The second kappa shape index (κ2) is 9.91. The summed E-state index contributed by atoms with van der Waals surface area (Å²) in [4.78, 5) is 4.41. The molecule has 2 N–H and O–H groups in total. The molecule has 0 saturated carbocycles. The van der Waals surface area contributed by atoms with Crippen molar-refractivity contribution >= 4 is 5.96 Å². The Hall–Kier alpha value is -1.07. The summed E-state index contributed by atoms with van der Waals surface area (Å²) in [6.45, 7) is 6.79. The Morgan fingerprint density at radius 1 is 1.50 bits per heavy atom. The number of hydrogen-bond donors (Lipinski definition) is 2. The van der Waals surface area contributed by atoms with E-state index in [2.05, 4.69) is 28.6 Å². The number of hydrogen-bond acceptors (Lipinski definition) is 3. The normalized spacial score (nSPS) is 16.3. The van der Waals surface area contributed by atoms with Gasteiger partial charge in [0.05, 0.1) is 26.4 Å². The number of nitrogens with one attached hydrogen (secondary N) is 2. The summed E-state index contributed by atoms with van der Waals surface area (Å²) >= 11 is 0. The molecule has 0 radical (unpaired) electrons. The SMILES string of the molecule is CCNC(=NCCOC)NCCC1=CCOCC1. The minimum atomic E-state index is 0.652. The average Bonchev–Trinajstić information content (AvgIpc) is 2.40. The van der Waals surface area contributed by atoms with Crippen LogP contribution in [0.15, 0.2) is 16.6 Å². The largest absolute Gasteiger partial charge is 0.383 e. The van der Waals surface area contributed by atoms with Crippen LogP contribution >= 0.6 is 0 Å². The van der Waals surface area contributed by atoms with Gasteiger partial charge in [-0.1, -0.05) is 11.6 Å². The third-order valence-corrected chi connectivity index (χ3v) is 2.71. The highest BCUT2D eigenvalue weighted by Crippen LogP contribution is 2.10. The molecule has 0 bridgehead atoms. The molecule has 1 rings (SSSR count). The Bertz CT molecular complexity index is 277. The van der Waals surface area contributed by atoms with Gasteiger partial charge in [0, 0.05) is 20.2 Å². The van der Waals surface area contributed by atoms with Crippen LogP contribution in [0.4, 0.5) is 0 Å². The molecule has 0 amide bonds. The Morgan fingerprint density at radius 2 is 2.39 bits per heavy atom. The maximum absolute atomic E-state index is 5.28. The third-order valence-electron chi connectivity index (χ3n) is 2.71. The fourth-order valence-electron chi connectivity index (χ4n) is 1.72. The fourth-order valence-corrected chi connectivity index (χ4v) is 1.72. The van der Waals surface area contributed by atoms with Crippen molar-refractivity contribution in [2.24, 2.45) is 4.99 Å². The highest BCUT2D eigenvalue weighted by atomic mass is 16.5. The van der Waals surface area contributed by atoms with Gasteiger partial charge in [0.15, 0.2) is 5.96 Å². The minimum Gasteiger partial charge on any atom is -0.383 e. The first-order valence-corrected chi connectivity index (χ1v) is 6.63. The highest BCUT2D eigenvalue weighted by Gasteiger charge is 2.03. The van der Waals surface area contributed by atoms with Crippen molar-refractivity contribution in [2.45, 2.75) is 19.8 Å². The van der Waals surface area contributed by atoms with Gasteiger partial charge >= 0.3 is 0 Å². The van der Waals surface area contributed by atoms with Gasteiger partial charge in [-0.25, -0.2) is 0 Å². The number of nitrogens with zero attached hydrogens (tertiary/aromatic N) is 1. The van der Waals surface area contributed by atoms with Gasteiger partial charge in [-0.15, -0.1) is 0 Å². The van der Waals surface area contributed by atoms with E-state index < -0.39 is 0 Å². The first-order chi connectivity index (χ1) is 8.86. The Labute approximate surface area is 110 Å². The molecule has 104 valence electrons. The Morgan fingerprint density at radius 3 is 3.06 bits per heavy atom. The molecule has 0 aliphatic carbocycles. The summed E-state index contributed by atoms with van der Waals surface area (Å²) in [5, 5.41) is 6.55. The van der Waals surface area contributed by atoms with Crippen molar-refractivity contribution in [3.8, 4) is 0 Å². The lowest BCUT2D eigenvalue weighted by atomic mass is 10.1. The molecule has 0 spiro atoms. The Kier molecular flexibility index (Phi) is 8.25. The molecule has 0 aromatic carbocycles. The molecule has 0 saturated heterocycles. The predicted octanol–water partition coefficient (Wildman–Crippen LogP) is 0.925. The minimum absolute atomic E-state index is 0.652. The summed E-state index contributed by atoms with van der Waals surface area (Å²) < 4.78 is 10.3. The van der Waals surface area contributed by atoms with E-state index >= 15 is 0 Å². The predicted molar refractivity (Wildman–Crippen MR) is 74.0 cm³/mol. The Balaban J connectivity index is 2.23. The lowest BCUT2D eigenvalue weighted by Crippen LogP contribution is -2.38. The molecular weight excluding hydrogens is 230 g/mol. The highest BCUT2D eigenvalue weighted by molar-refractivity contribution is 5.79. The van der Waals surface area contributed by atoms with E-state index in [0.717, 1.165) is 45.1 Å². The zero-order chi connectivity index (χ0) is 13.1. The number of aliphatic imine (C=N–C) groups is 1. The smallest absolute Gasteiger partial charge is 0.191 e. The van der Waals surface area contributed by atoms with Gasteiger partial charge < -0.3 is 20.1 Å². The van der Waals surface area contributed by atoms with E-state index in [1.54, 1.807) is 7.11 Å². The van der Waals surface area contributed by atoms with E-state index in [9.17, 15) is 0 Å². The van der Waals surface area contributed by atoms with Crippen molar-refractivity contribution in [2.75, 3.05) is 46.6 Å². The van der Waals surface area contributed by atoms with Crippen molar-refractivity contribution in [1.29, 1.82) is 0 Å². The number of rotatable bonds is 7. The van der Waals surface area contributed by atoms with Gasteiger partial charge in [0.1, 0.15) is 0 Å². The number of ether oxygens (including phenoxy) is 2. The maximum Gasteiger partial charge on any atom is 0.191 e. The van der Waals surface area contributed by atoms with Crippen molar-refractivity contribution in [1.82, 2.24) is 10.6 Å². The first-order valence-electron chi connectivity index (χ1n) is 6.63. The van der Waals surface area contributed by atoms with Crippen LogP contribution in [0.3, 0.4) is 0 Å². The molecule has 1 aliphatic rings. The van der Waals surface area contributed by atoms with Crippen LogP contribution in [0.1, 0.15) is 19.8 Å². The lowest BCUT2D eigenvalue weighted by molar-refractivity contribution is 0.153. The third kappa shape index (κ3) is 6.61. The second-order valence-corrected chi connectivity index (χ2v) is 4.12. The van der Waals surface area contributed by atoms with E-state index in [0.29, 0.717) is 13.2 Å². The second-order valence-electron chi connectivity index (χ2n) is 4.12. The van der Waals surface area contributed by atoms with Gasteiger partial charge in [-0.2, -0.15) is 0 Å².